The Labute approximate surface area is 109 Å². The van der Waals surface area contributed by atoms with Gasteiger partial charge in [0, 0.05) is 18.1 Å². The van der Waals surface area contributed by atoms with Gasteiger partial charge in [0.05, 0.1) is 6.54 Å². The first-order valence-electron chi connectivity index (χ1n) is 5.38. The van der Waals surface area contributed by atoms with E-state index in [0.717, 1.165) is 4.88 Å². The highest BCUT2D eigenvalue weighted by atomic mass is 32.1. The summed E-state index contributed by atoms with van der Waals surface area (Å²) in [5.74, 6) is -0.000501. The van der Waals surface area contributed by atoms with Gasteiger partial charge in [-0.3, -0.25) is 0 Å². The summed E-state index contributed by atoms with van der Waals surface area (Å²) in [6.07, 6.45) is 1.35. The normalized spacial score (nSPS) is 10.3. The number of aryl methyl sites for hydroxylation is 1. The number of carbonyl (C=O) groups is 1. The van der Waals surface area contributed by atoms with Gasteiger partial charge >= 0.3 is 5.97 Å². The van der Waals surface area contributed by atoms with E-state index < -0.39 is 5.97 Å². The molecule has 0 amide bonds. The zero-order valence-corrected chi connectivity index (χ0v) is 10.9. The molecule has 0 aliphatic heterocycles. The third kappa shape index (κ3) is 2.65. The van der Waals surface area contributed by atoms with E-state index in [1.54, 1.807) is 18.3 Å². The van der Waals surface area contributed by atoms with Gasteiger partial charge in [-0.25, -0.2) is 14.8 Å². The summed E-state index contributed by atoms with van der Waals surface area (Å²) >= 11 is 1.63. The number of aromatic nitrogens is 2. The number of hydrogen-bond acceptors (Lipinski definition) is 5. The summed E-state index contributed by atoms with van der Waals surface area (Å²) in [5, 5.41) is 11.1. The predicted molar refractivity (Wildman–Crippen MR) is 70.2 cm³/mol. The van der Waals surface area contributed by atoms with E-state index in [9.17, 15) is 4.79 Å². The van der Waals surface area contributed by atoms with Gasteiger partial charge in [-0.15, -0.1) is 11.3 Å². The van der Waals surface area contributed by atoms with Crippen molar-refractivity contribution < 1.29 is 9.90 Å². The monoisotopic (exact) mass is 263 g/mol. The van der Waals surface area contributed by atoms with Crippen LogP contribution < -0.4 is 4.90 Å². The molecule has 1 N–H and O–H groups in total. The van der Waals surface area contributed by atoms with Crippen molar-refractivity contribution in [2.24, 2.45) is 0 Å². The number of rotatable bonds is 4. The minimum Gasteiger partial charge on any atom is -0.477 e. The molecule has 0 saturated carbocycles. The highest BCUT2D eigenvalue weighted by molar-refractivity contribution is 7.09. The van der Waals surface area contributed by atoms with Gasteiger partial charge in [0.2, 0.25) is 0 Å². The first kappa shape index (κ1) is 12.5. The summed E-state index contributed by atoms with van der Waals surface area (Å²) in [4.78, 5) is 22.3. The Hall–Kier alpha value is -1.95. The summed E-state index contributed by atoms with van der Waals surface area (Å²) < 4.78 is 0. The molecule has 6 heteroatoms. The van der Waals surface area contributed by atoms with Crippen molar-refractivity contribution in [3.05, 3.63) is 40.0 Å². The molecule has 0 radical (unpaired) electrons. The molecule has 18 heavy (non-hydrogen) atoms. The SMILES string of the molecule is Cc1ncc(C(=O)O)c(N(C)Cc2cccs2)n1. The Morgan fingerprint density at radius 1 is 1.56 bits per heavy atom. The smallest absolute Gasteiger partial charge is 0.341 e. The number of carboxylic acids is 1. The maximum atomic E-state index is 11.1. The van der Waals surface area contributed by atoms with Crippen molar-refractivity contribution in [3.63, 3.8) is 0 Å². The minimum absolute atomic E-state index is 0.125. The molecule has 0 fully saturated rings. The summed E-state index contributed by atoms with van der Waals surface area (Å²) in [7, 11) is 1.83. The Morgan fingerprint density at radius 3 is 2.94 bits per heavy atom. The lowest BCUT2D eigenvalue weighted by Crippen LogP contribution is -2.21. The molecule has 2 aromatic rings. The molecule has 0 saturated heterocycles. The second kappa shape index (κ2) is 5.14. The fraction of sp³-hybridized carbons (Fsp3) is 0.250. The van der Waals surface area contributed by atoms with E-state index in [4.69, 9.17) is 5.11 Å². The summed E-state index contributed by atoms with van der Waals surface area (Å²) in [6.45, 7) is 2.38. The molecule has 94 valence electrons. The van der Waals surface area contributed by atoms with Gasteiger partial charge in [0.1, 0.15) is 17.2 Å². The molecule has 0 spiro atoms. The number of thiophene rings is 1. The van der Waals surface area contributed by atoms with Gasteiger partial charge in [-0.2, -0.15) is 0 Å². The van der Waals surface area contributed by atoms with E-state index in [0.29, 0.717) is 18.2 Å². The largest absolute Gasteiger partial charge is 0.477 e. The van der Waals surface area contributed by atoms with Crippen LogP contribution in [0.5, 0.6) is 0 Å². The summed E-state index contributed by atoms with van der Waals surface area (Å²) in [5.41, 5.74) is 0.125. The average Bonchev–Trinajstić information content (AvgIpc) is 2.81. The highest BCUT2D eigenvalue weighted by Crippen LogP contribution is 2.20. The molecular formula is C12H13N3O2S. The van der Waals surface area contributed by atoms with Crippen LogP contribution in [0.25, 0.3) is 0 Å². The zero-order valence-electron chi connectivity index (χ0n) is 10.1. The maximum Gasteiger partial charge on any atom is 0.341 e. The lowest BCUT2D eigenvalue weighted by atomic mass is 10.3. The van der Waals surface area contributed by atoms with Crippen LogP contribution >= 0.6 is 11.3 Å². The fourth-order valence-corrected chi connectivity index (χ4v) is 2.37. The van der Waals surface area contributed by atoms with Crippen LogP contribution in [0.4, 0.5) is 5.82 Å². The quantitative estimate of drug-likeness (QED) is 0.915. The van der Waals surface area contributed by atoms with Crippen molar-refractivity contribution in [3.8, 4) is 0 Å². The number of nitrogens with zero attached hydrogens (tertiary/aromatic N) is 3. The van der Waals surface area contributed by atoms with Crippen LogP contribution in [0, 0.1) is 6.92 Å². The van der Waals surface area contributed by atoms with Gasteiger partial charge in [-0.05, 0) is 18.4 Å². The Morgan fingerprint density at radius 2 is 2.33 bits per heavy atom. The Kier molecular flexibility index (Phi) is 3.57. The molecule has 5 nitrogen and oxygen atoms in total. The van der Waals surface area contributed by atoms with Gasteiger partial charge in [0.25, 0.3) is 0 Å². The van der Waals surface area contributed by atoms with Crippen molar-refractivity contribution >= 4 is 23.1 Å². The van der Waals surface area contributed by atoms with Crippen LogP contribution in [-0.4, -0.2) is 28.1 Å². The molecule has 2 heterocycles. The molecule has 0 aliphatic carbocycles. The number of anilines is 1. The maximum absolute atomic E-state index is 11.1. The number of carboxylic acid groups (broad SMARTS) is 1. The van der Waals surface area contributed by atoms with Crippen molar-refractivity contribution in [2.75, 3.05) is 11.9 Å². The average molecular weight is 263 g/mol. The van der Waals surface area contributed by atoms with Crippen LogP contribution in [0.2, 0.25) is 0 Å². The first-order valence-corrected chi connectivity index (χ1v) is 6.26. The van der Waals surface area contributed by atoms with E-state index in [-0.39, 0.29) is 5.56 Å². The van der Waals surface area contributed by atoms with E-state index >= 15 is 0 Å². The molecule has 0 aliphatic rings. The molecule has 0 atom stereocenters. The fourth-order valence-electron chi connectivity index (χ4n) is 1.61. The zero-order chi connectivity index (χ0) is 13.1. The Bertz CT molecular complexity index is 554. The molecule has 2 aromatic heterocycles. The van der Waals surface area contributed by atoms with E-state index in [1.807, 2.05) is 29.5 Å². The number of hydrogen-bond donors (Lipinski definition) is 1. The second-order valence-corrected chi connectivity index (χ2v) is 4.93. The number of aromatic carboxylic acids is 1. The summed E-state index contributed by atoms with van der Waals surface area (Å²) in [6, 6.07) is 3.98. The van der Waals surface area contributed by atoms with Crippen molar-refractivity contribution in [1.82, 2.24) is 9.97 Å². The van der Waals surface area contributed by atoms with Gasteiger partial charge < -0.3 is 10.0 Å². The van der Waals surface area contributed by atoms with Gasteiger partial charge in [-0.1, -0.05) is 6.07 Å². The first-order chi connectivity index (χ1) is 8.58. The van der Waals surface area contributed by atoms with Gasteiger partial charge in [0.15, 0.2) is 0 Å². The van der Waals surface area contributed by atoms with E-state index in [1.165, 1.54) is 6.20 Å². The molecule has 0 aromatic carbocycles. The minimum atomic E-state index is -1.01. The molecule has 0 unspecified atom stereocenters. The topological polar surface area (TPSA) is 66.3 Å². The van der Waals surface area contributed by atoms with Crippen LogP contribution in [0.15, 0.2) is 23.7 Å². The molecule has 2 rings (SSSR count). The molecule has 0 bridgehead atoms. The van der Waals surface area contributed by atoms with Crippen LogP contribution in [0.3, 0.4) is 0 Å². The lowest BCUT2D eigenvalue weighted by Gasteiger charge is -2.19. The van der Waals surface area contributed by atoms with Crippen molar-refractivity contribution in [2.45, 2.75) is 13.5 Å². The standard InChI is InChI=1S/C12H13N3O2S/c1-8-13-6-10(12(16)17)11(14-8)15(2)7-9-4-3-5-18-9/h3-6H,7H2,1-2H3,(H,16,17). The van der Waals surface area contributed by atoms with Crippen LogP contribution in [0.1, 0.15) is 21.1 Å². The highest BCUT2D eigenvalue weighted by Gasteiger charge is 2.16. The third-order valence-electron chi connectivity index (χ3n) is 2.45. The third-order valence-corrected chi connectivity index (χ3v) is 3.32. The Balaban J connectivity index is 2.31. The lowest BCUT2D eigenvalue weighted by molar-refractivity contribution is 0.0696. The van der Waals surface area contributed by atoms with Crippen LogP contribution in [-0.2, 0) is 6.54 Å². The molecular weight excluding hydrogens is 250 g/mol. The second-order valence-electron chi connectivity index (χ2n) is 3.90. The van der Waals surface area contributed by atoms with E-state index in [2.05, 4.69) is 9.97 Å². The van der Waals surface area contributed by atoms with Crippen molar-refractivity contribution in [1.29, 1.82) is 0 Å². The predicted octanol–water partition coefficient (Wildman–Crippen LogP) is 2.18.